The molecule has 4 rings (SSSR count). The van der Waals surface area contributed by atoms with E-state index in [1.54, 1.807) is 24.3 Å². The third-order valence-electron chi connectivity index (χ3n) is 4.58. The van der Waals surface area contributed by atoms with E-state index in [1.807, 2.05) is 29.4 Å². The van der Waals surface area contributed by atoms with Crippen LogP contribution in [-0.4, -0.2) is 48.2 Å². The molecule has 0 fully saturated rings. The van der Waals surface area contributed by atoms with Gasteiger partial charge in [0.25, 0.3) is 0 Å². The molecule has 8 nitrogen and oxygen atoms in total. The van der Waals surface area contributed by atoms with Crippen LogP contribution in [0.1, 0.15) is 18.0 Å². The summed E-state index contributed by atoms with van der Waals surface area (Å²) in [6.07, 6.45) is 4.43. The third kappa shape index (κ3) is 5.69. The van der Waals surface area contributed by atoms with E-state index in [0.717, 1.165) is 27.9 Å². The largest absolute Gasteiger partial charge is 0.490 e. The van der Waals surface area contributed by atoms with Crippen LogP contribution in [0.15, 0.2) is 60.1 Å². The SMILES string of the molecule is CSc1ccc(C(CC#N)n2cc(-c3ncnc4[nH]ccc34)cn2)cc1.O=C(O)C(F)(F)F. The molecule has 0 saturated carbocycles. The van der Waals surface area contributed by atoms with Gasteiger partial charge in [-0.3, -0.25) is 4.68 Å². The van der Waals surface area contributed by atoms with Crippen molar-refractivity contribution in [3.05, 3.63) is 60.8 Å². The molecule has 0 aliphatic rings. The fraction of sp³-hybridized carbons (Fsp3) is 0.190. The second-order valence-electron chi connectivity index (χ2n) is 6.63. The zero-order valence-electron chi connectivity index (χ0n) is 17.1. The van der Waals surface area contributed by atoms with Crippen LogP contribution in [0.4, 0.5) is 13.2 Å². The third-order valence-corrected chi connectivity index (χ3v) is 5.32. The average molecular weight is 474 g/mol. The Morgan fingerprint density at radius 1 is 1.27 bits per heavy atom. The van der Waals surface area contributed by atoms with Crippen molar-refractivity contribution in [1.82, 2.24) is 24.7 Å². The highest BCUT2D eigenvalue weighted by Gasteiger charge is 2.38. The van der Waals surface area contributed by atoms with Gasteiger partial charge in [-0.1, -0.05) is 12.1 Å². The molecule has 12 heteroatoms. The molecule has 0 bridgehead atoms. The quantitative estimate of drug-likeness (QED) is 0.403. The summed E-state index contributed by atoms with van der Waals surface area (Å²) >= 11 is 1.70. The molecule has 3 aromatic heterocycles. The number of H-pyrrole nitrogens is 1. The number of fused-ring (bicyclic) bond motifs is 1. The van der Waals surface area contributed by atoms with Crippen molar-refractivity contribution < 1.29 is 23.1 Å². The Kier molecular flexibility index (Phi) is 7.34. The van der Waals surface area contributed by atoms with E-state index < -0.39 is 12.1 Å². The molecular formula is C21H17F3N6O2S. The number of rotatable bonds is 5. The summed E-state index contributed by atoms with van der Waals surface area (Å²) in [5.74, 6) is -2.76. The molecule has 0 aliphatic carbocycles. The number of benzene rings is 1. The van der Waals surface area contributed by atoms with E-state index in [1.165, 1.54) is 4.90 Å². The summed E-state index contributed by atoms with van der Waals surface area (Å²) in [6.45, 7) is 0. The average Bonchev–Trinajstić information content (AvgIpc) is 3.47. The van der Waals surface area contributed by atoms with Crippen molar-refractivity contribution in [2.24, 2.45) is 0 Å². The lowest BCUT2D eigenvalue weighted by molar-refractivity contribution is -0.192. The fourth-order valence-electron chi connectivity index (χ4n) is 3.01. The smallest absolute Gasteiger partial charge is 0.475 e. The molecule has 0 spiro atoms. The maximum atomic E-state index is 10.6. The van der Waals surface area contributed by atoms with Crippen LogP contribution in [0, 0.1) is 11.3 Å². The van der Waals surface area contributed by atoms with Gasteiger partial charge in [0.2, 0.25) is 0 Å². The molecule has 0 radical (unpaired) electrons. The van der Waals surface area contributed by atoms with Gasteiger partial charge in [-0.05, 0) is 30.0 Å². The normalized spacial score (nSPS) is 12.0. The molecule has 3 heterocycles. The summed E-state index contributed by atoms with van der Waals surface area (Å²) in [5.41, 5.74) is 3.59. The van der Waals surface area contributed by atoms with Gasteiger partial charge >= 0.3 is 12.1 Å². The molecule has 2 N–H and O–H groups in total. The first kappa shape index (κ1) is 23.8. The Morgan fingerprint density at radius 3 is 2.58 bits per heavy atom. The molecule has 1 aromatic carbocycles. The van der Waals surface area contributed by atoms with Crippen molar-refractivity contribution in [3.8, 4) is 17.3 Å². The van der Waals surface area contributed by atoms with E-state index in [2.05, 4.69) is 50.4 Å². The zero-order chi connectivity index (χ0) is 24.0. The first-order chi connectivity index (χ1) is 15.7. The van der Waals surface area contributed by atoms with Crippen LogP contribution >= 0.6 is 11.8 Å². The van der Waals surface area contributed by atoms with Gasteiger partial charge in [0, 0.05) is 28.2 Å². The number of carbonyl (C=O) groups is 1. The number of nitrogens with zero attached hydrogens (tertiary/aromatic N) is 5. The summed E-state index contributed by atoms with van der Waals surface area (Å²) in [5, 5.41) is 21.9. The first-order valence-corrected chi connectivity index (χ1v) is 10.6. The van der Waals surface area contributed by atoms with E-state index in [0.29, 0.717) is 6.42 Å². The molecule has 170 valence electrons. The van der Waals surface area contributed by atoms with Crippen LogP contribution in [0.2, 0.25) is 0 Å². The van der Waals surface area contributed by atoms with Gasteiger partial charge in [-0.2, -0.15) is 23.5 Å². The number of carboxylic acid groups (broad SMARTS) is 1. The molecular weight excluding hydrogens is 457 g/mol. The topological polar surface area (TPSA) is 120 Å². The number of alkyl halides is 3. The maximum absolute atomic E-state index is 10.6. The van der Waals surface area contributed by atoms with E-state index in [9.17, 15) is 18.4 Å². The Bertz CT molecular complexity index is 1280. The predicted molar refractivity (Wildman–Crippen MR) is 115 cm³/mol. The Morgan fingerprint density at radius 2 is 1.97 bits per heavy atom. The van der Waals surface area contributed by atoms with E-state index >= 15 is 0 Å². The Labute approximate surface area is 190 Å². The highest BCUT2D eigenvalue weighted by Crippen LogP contribution is 2.28. The molecule has 0 aliphatic heterocycles. The van der Waals surface area contributed by atoms with Crippen molar-refractivity contribution >= 4 is 28.8 Å². The van der Waals surface area contributed by atoms with Crippen LogP contribution in [0.5, 0.6) is 0 Å². The van der Waals surface area contributed by atoms with Crippen molar-refractivity contribution in [1.29, 1.82) is 5.26 Å². The molecule has 0 amide bonds. The summed E-state index contributed by atoms with van der Waals surface area (Å²) < 4.78 is 33.6. The molecule has 1 unspecified atom stereocenters. The van der Waals surface area contributed by atoms with Crippen LogP contribution in [0.3, 0.4) is 0 Å². The van der Waals surface area contributed by atoms with Crippen LogP contribution in [0.25, 0.3) is 22.3 Å². The molecule has 0 saturated heterocycles. The molecule has 4 aromatic rings. The minimum Gasteiger partial charge on any atom is -0.475 e. The van der Waals surface area contributed by atoms with Crippen LogP contribution in [-0.2, 0) is 4.79 Å². The number of aliphatic carboxylic acids is 1. The lowest BCUT2D eigenvalue weighted by Crippen LogP contribution is -2.21. The minimum absolute atomic E-state index is 0.131. The first-order valence-electron chi connectivity index (χ1n) is 9.38. The minimum atomic E-state index is -5.08. The zero-order valence-corrected chi connectivity index (χ0v) is 17.9. The van der Waals surface area contributed by atoms with Gasteiger partial charge in [0.15, 0.2) is 0 Å². The summed E-state index contributed by atoms with van der Waals surface area (Å²) in [7, 11) is 0. The molecule has 33 heavy (non-hydrogen) atoms. The Hall–Kier alpha value is -3.85. The standard InChI is InChI=1S/C19H16N6S.C2HF3O2/c1-26-15-4-2-13(3-5-15)17(6-8-20)25-11-14(10-24-25)18-16-7-9-21-19(16)23-12-22-18;3-2(4,5)1(6)7/h2-5,7,9-12,17H,6H2,1H3,(H,21,22,23);(H,6,7). The fourth-order valence-corrected chi connectivity index (χ4v) is 3.42. The van der Waals surface area contributed by atoms with E-state index in [4.69, 9.17) is 9.90 Å². The Balaban J connectivity index is 0.000000383. The monoisotopic (exact) mass is 474 g/mol. The number of nitrogens with one attached hydrogen (secondary N) is 1. The number of thioether (sulfide) groups is 1. The number of aromatic nitrogens is 5. The highest BCUT2D eigenvalue weighted by molar-refractivity contribution is 7.98. The van der Waals surface area contributed by atoms with Gasteiger partial charge in [0.05, 0.1) is 30.4 Å². The summed E-state index contributed by atoms with van der Waals surface area (Å²) in [4.78, 5) is 21.8. The number of aromatic amines is 1. The predicted octanol–water partition coefficient (Wildman–Crippen LogP) is 4.68. The second-order valence-corrected chi connectivity index (χ2v) is 7.51. The number of nitriles is 1. The van der Waals surface area contributed by atoms with Gasteiger partial charge in [-0.15, -0.1) is 11.8 Å². The molecule has 1 atom stereocenters. The van der Waals surface area contributed by atoms with Crippen LogP contribution < -0.4 is 0 Å². The number of carboxylic acids is 1. The lowest BCUT2D eigenvalue weighted by Gasteiger charge is -2.15. The van der Waals surface area contributed by atoms with E-state index in [-0.39, 0.29) is 6.04 Å². The second kappa shape index (κ2) is 10.2. The maximum Gasteiger partial charge on any atom is 0.490 e. The van der Waals surface area contributed by atoms with Gasteiger partial charge in [0.1, 0.15) is 12.0 Å². The van der Waals surface area contributed by atoms with Crippen molar-refractivity contribution in [3.63, 3.8) is 0 Å². The van der Waals surface area contributed by atoms with Crippen molar-refractivity contribution in [2.45, 2.75) is 23.5 Å². The van der Waals surface area contributed by atoms with Gasteiger partial charge in [-0.25, -0.2) is 14.8 Å². The number of hydrogen-bond acceptors (Lipinski definition) is 6. The van der Waals surface area contributed by atoms with Gasteiger partial charge < -0.3 is 10.1 Å². The lowest BCUT2D eigenvalue weighted by atomic mass is 10.0. The number of hydrogen-bond donors (Lipinski definition) is 2. The van der Waals surface area contributed by atoms with Crippen molar-refractivity contribution in [2.75, 3.05) is 6.26 Å². The highest BCUT2D eigenvalue weighted by atomic mass is 32.2. The summed E-state index contributed by atoms with van der Waals surface area (Å²) in [6, 6.07) is 12.4. The number of halogens is 3.